The first kappa shape index (κ1) is 32.5. The van der Waals surface area contributed by atoms with Gasteiger partial charge in [0.1, 0.15) is 0 Å². The van der Waals surface area contributed by atoms with Crippen LogP contribution in [-0.2, 0) is 14.4 Å². The summed E-state index contributed by atoms with van der Waals surface area (Å²) in [5, 5.41) is 7.17. The molecule has 0 unspecified atom stereocenters. The van der Waals surface area contributed by atoms with E-state index in [1.54, 1.807) is 18.2 Å². The Labute approximate surface area is 271 Å². The standard InChI is InChI=1S/C37H43ClN4O3/c38-31-17-14-28(15-18-31)16-20-35(43)39-26-32-22-25-42(27-33(29-10-4-1-5-11-29)30-12-6-2-7-13-30)37(45)34(40-32)19-21-36(44)41-23-8-3-9-24-41/h1-2,4-7,10-18,20,32-34,40H,3,8-9,19,21-27H2,(H,39,43)/b20-16+/t32-,34-/m0/s1. The van der Waals surface area contributed by atoms with Crippen molar-refractivity contribution in [1.29, 1.82) is 0 Å². The Morgan fingerprint density at radius 2 is 1.53 bits per heavy atom. The molecule has 0 aromatic heterocycles. The number of halogens is 1. The quantitative estimate of drug-likeness (QED) is 0.270. The van der Waals surface area contributed by atoms with Gasteiger partial charge in [-0.05, 0) is 67.0 Å². The van der Waals surface area contributed by atoms with Crippen LogP contribution >= 0.6 is 11.6 Å². The Morgan fingerprint density at radius 1 is 0.889 bits per heavy atom. The van der Waals surface area contributed by atoms with E-state index < -0.39 is 6.04 Å². The Kier molecular flexibility index (Phi) is 11.8. The minimum Gasteiger partial charge on any atom is -0.351 e. The Bertz CT molecular complexity index is 1390. The van der Waals surface area contributed by atoms with Crippen LogP contribution in [0.5, 0.6) is 0 Å². The third-order valence-electron chi connectivity index (χ3n) is 8.78. The zero-order valence-corrected chi connectivity index (χ0v) is 26.5. The third kappa shape index (κ3) is 9.52. The summed E-state index contributed by atoms with van der Waals surface area (Å²) in [6.45, 7) is 3.06. The van der Waals surface area contributed by atoms with Crippen LogP contribution in [0.2, 0.25) is 5.02 Å². The molecule has 2 aliphatic heterocycles. The number of hydrogen-bond acceptors (Lipinski definition) is 4. The number of amides is 3. The summed E-state index contributed by atoms with van der Waals surface area (Å²) in [6, 6.07) is 27.3. The molecule has 2 aliphatic rings. The van der Waals surface area contributed by atoms with Crippen LogP contribution < -0.4 is 10.6 Å². The number of benzene rings is 3. The lowest BCUT2D eigenvalue weighted by molar-refractivity contribution is -0.134. The topological polar surface area (TPSA) is 81.8 Å². The van der Waals surface area contributed by atoms with E-state index in [1.807, 2.05) is 58.3 Å². The van der Waals surface area contributed by atoms with Crippen LogP contribution in [0, 0.1) is 0 Å². The molecular weight excluding hydrogens is 584 g/mol. The molecule has 5 rings (SSSR count). The largest absolute Gasteiger partial charge is 0.351 e. The van der Waals surface area contributed by atoms with Crippen molar-refractivity contribution in [2.75, 3.05) is 32.7 Å². The smallest absolute Gasteiger partial charge is 0.244 e. The molecule has 3 aromatic carbocycles. The molecular formula is C37H43ClN4O3. The summed E-state index contributed by atoms with van der Waals surface area (Å²) in [6.07, 6.45) is 7.92. The molecule has 2 fully saturated rings. The van der Waals surface area contributed by atoms with Crippen molar-refractivity contribution in [3.05, 3.63) is 113 Å². The van der Waals surface area contributed by atoms with Gasteiger partial charge in [-0.3, -0.25) is 14.4 Å². The van der Waals surface area contributed by atoms with Crippen molar-refractivity contribution in [3.8, 4) is 0 Å². The number of nitrogens with one attached hydrogen (secondary N) is 2. The predicted molar refractivity (Wildman–Crippen MR) is 180 cm³/mol. The van der Waals surface area contributed by atoms with Crippen LogP contribution in [0.25, 0.3) is 6.08 Å². The molecule has 0 radical (unpaired) electrons. The molecule has 0 bridgehead atoms. The second kappa shape index (κ2) is 16.4. The van der Waals surface area contributed by atoms with Crippen molar-refractivity contribution in [3.63, 3.8) is 0 Å². The number of hydrogen-bond donors (Lipinski definition) is 2. The lowest BCUT2D eigenvalue weighted by atomic mass is 9.90. The Morgan fingerprint density at radius 3 is 2.18 bits per heavy atom. The minimum absolute atomic E-state index is 0.00904. The van der Waals surface area contributed by atoms with Gasteiger partial charge in [-0.15, -0.1) is 0 Å². The van der Waals surface area contributed by atoms with Gasteiger partial charge in [0.2, 0.25) is 17.7 Å². The summed E-state index contributed by atoms with van der Waals surface area (Å²) in [4.78, 5) is 43.8. The van der Waals surface area contributed by atoms with E-state index in [0.29, 0.717) is 43.9 Å². The van der Waals surface area contributed by atoms with Gasteiger partial charge in [-0.1, -0.05) is 84.4 Å². The number of piperidine rings is 1. The van der Waals surface area contributed by atoms with E-state index in [4.69, 9.17) is 11.6 Å². The lowest BCUT2D eigenvalue weighted by Gasteiger charge is -2.30. The molecule has 45 heavy (non-hydrogen) atoms. The average Bonchev–Trinajstić information content (AvgIpc) is 3.23. The Hall–Kier alpha value is -3.94. The number of rotatable bonds is 11. The highest BCUT2D eigenvalue weighted by atomic mass is 35.5. The predicted octanol–water partition coefficient (Wildman–Crippen LogP) is 5.65. The van der Waals surface area contributed by atoms with Crippen LogP contribution in [0.1, 0.15) is 61.1 Å². The molecule has 0 aliphatic carbocycles. The molecule has 3 amide bonds. The summed E-state index contributed by atoms with van der Waals surface area (Å²) in [5.41, 5.74) is 3.19. The van der Waals surface area contributed by atoms with Crippen molar-refractivity contribution < 1.29 is 14.4 Å². The van der Waals surface area contributed by atoms with Crippen LogP contribution in [0.4, 0.5) is 0 Å². The second-order valence-corrected chi connectivity index (χ2v) is 12.4. The molecule has 2 N–H and O–H groups in total. The fourth-order valence-corrected chi connectivity index (χ4v) is 6.35. The van der Waals surface area contributed by atoms with Gasteiger partial charge in [-0.2, -0.15) is 0 Å². The normalized spacial score (nSPS) is 19.1. The maximum absolute atomic E-state index is 14.1. The minimum atomic E-state index is -0.514. The molecule has 236 valence electrons. The number of carbonyl (C=O) groups excluding carboxylic acids is 3. The van der Waals surface area contributed by atoms with Gasteiger partial charge in [0.15, 0.2) is 0 Å². The summed E-state index contributed by atoms with van der Waals surface area (Å²) < 4.78 is 0. The van der Waals surface area contributed by atoms with Crippen molar-refractivity contribution in [1.82, 2.24) is 20.4 Å². The molecule has 3 aromatic rings. The zero-order chi connectivity index (χ0) is 31.4. The molecule has 8 heteroatoms. The number of carbonyl (C=O) groups is 3. The van der Waals surface area contributed by atoms with Crippen molar-refractivity contribution >= 4 is 35.4 Å². The molecule has 2 saturated heterocycles. The maximum Gasteiger partial charge on any atom is 0.244 e. The highest BCUT2D eigenvalue weighted by molar-refractivity contribution is 6.30. The third-order valence-corrected chi connectivity index (χ3v) is 9.03. The van der Waals surface area contributed by atoms with Crippen LogP contribution in [-0.4, -0.2) is 72.3 Å². The van der Waals surface area contributed by atoms with Gasteiger partial charge >= 0.3 is 0 Å². The summed E-state index contributed by atoms with van der Waals surface area (Å²) >= 11 is 5.97. The van der Waals surface area contributed by atoms with E-state index in [2.05, 4.69) is 34.9 Å². The average molecular weight is 627 g/mol. The zero-order valence-electron chi connectivity index (χ0n) is 25.7. The first-order valence-corrected chi connectivity index (χ1v) is 16.5. The van der Waals surface area contributed by atoms with Crippen LogP contribution in [0.15, 0.2) is 91.0 Å². The fraction of sp³-hybridized carbons (Fsp3) is 0.378. The van der Waals surface area contributed by atoms with E-state index in [-0.39, 0.29) is 29.7 Å². The monoisotopic (exact) mass is 626 g/mol. The summed E-state index contributed by atoms with van der Waals surface area (Å²) in [7, 11) is 0. The molecule has 2 heterocycles. The van der Waals surface area contributed by atoms with E-state index in [0.717, 1.165) is 49.0 Å². The van der Waals surface area contributed by atoms with E-state index in [9.17, 15) is 14.4 Å². The van der Waals surface area contributed by atoms with Gasteiger partial charge in [-0.25, -0.2) is 0 Å². The lowest BCUT2D eigenvalue weighted by Crippen LogP contribution is -2.49. The van der Waals surface area contributed by atoms with Gasteiger partial charge in [0, 0.05) is 62.2 Å². The molecule has 0 spiro atoms. The van der Waals surface area contributed by atoms with Crippen molar-refractivity contribution in [2.45, 2.75) is 56.5 Å². The first-order valence-electron chi connectivity index (χ1n) is 16.1. The summed E-state index contributed by atoms with van der Waals surface area (Å²) in [5.74, 6) is -0.0658. The second-order valence-electron chi connectivity index (χ2n) is 12.0. The maximum atomic E-state index is 14.1. The molecule has 7 nitrogen and oxygen atoms in total. The van der Waals surface area contributed by atoms with E-state index in [1.165, 1.54) is 6.08 Å². The highest BCUT2D eigenvalue weighted by Gasteiger charge is 2.33. The number of likely N-dealkylation sites (tertiary alicyclic amines) is 1. The SMILES string of the molecule is O=C(/C=C/c1ccc(Cl)cc1)NC[C@@H]1CCN(CC(c2ccccc2)c2ccccc2)C(=O)[C@H](CCC(=O)N2CCCCC2)N1. The van der Waals surface area contributed by atoms with Crippen LogP contribution in [0.3, 0.4) is 0 Å². The van der Waals surface area contributed by atoms with Gasteiger partial charge in [0.25, 0.3) is 0 Å². The van der Waals surface area contributed by atoms with Crippen molar-refractivity contribution in [2.24, 2.45) is 0 Å². The van der Waals surface area contributed by atoms with Gasteiger partial charge < -0.3 is 20.4 Å². The van der Waals surface area contributed by atoms with Gasteiger partial charge in [0.05, 0.1) is 6.04 Å². The molecule has 2 atom stereocenters. The first-order chi connectivity index (χ1) is 22.0. The highest BCUT2D eigenvalue weighted by Crippen LogP contribution is 2.27. The van der Waals surface area contributed by atoms with E-state index >= 15 is 0 Å². The number of nitrogens with zero attached hydrogens (tertiary/aromatic N) is 2. The Balaban J connectivity index is 1.29. The molecule has 0 saturated carbocycles. The fourth-order valence-electron chi connectivity index (χ4n) is 6.22.